The molecule has 33 heavy (non-hydrogen) atoms. The predicted molar refractivity (Wildman–Crippen MR) is 128 cm³/mol. The lowest BCUT2D eigenvalue weighted by Crippen LogP contribution is -2.45. The van der Waals surface area contributed by atoms with Crippen molar-refractivity contribution < 1.29 is 18.0 Å². The summed E-state index contributed by atoms with van der Waals surface area (Å²) in [6.45, 7) is 3.67. The van der Waals surface area contributed by atoms with Crippen LogP contribution in [0.1, 0.15) is 28.4 Å². The number of hydrogen-bond donors (Lipinski definition) is 2. The van der Waals surface area contributed by atoms with Crippen LogP contribution in [0, 0.1) is 6.92 Å². The zero-order valence-electron chi connectivity index (χ0n) is 18.6. The van der Waals surface area contributed by atoms with E-state index in [0.29, 0.717) is 5.69 Å². The number of anilines is 2. The van der Waals surface area contributed by atoms with Crippen molar-refractivity contribution in [2.45, 2.75) is 26.4 Å². The number of aromatic nitrogens is 1. The third-order valence-corrected chi connectivity index (χ3v) is 6.22. The number of rotatable bonds is 8. The Kier molecular flexibility index (Phi) is 7.44. The Bertz CT molecular complexity index is 1230. The van der Waals surface area contributed by atoms with Gasteiger partial charge in [-0.25, -0.2) is 8.42 Å². The van der Waals surface area contributed by atoms with Crippen molar-refractivity contribution in [1.29, 1.82) is 0 Å². The van der Waals surface area contributed by atoms with Crippen LogP contribution in [0.5, 0.6) is 0 Å². The maximum absolute atomic E-state index is 13.0. The lowest BCUT2D eigenvalue weighted by Gasteiger charge is -2.28. The number of nitrogens with zero attached hydrogens (tertiary/aromatic N) is 2. The molecule has 1 aromatic heterocycles. The van der Waals surface area contributed by atoms with Crippen molar-refractivity contribution in [3.63, 3.8) is 0 Å². The monoisotopic (exact) mass is 466 g/mol. The first-order valence-electron chi connectivity index (χ1n) is 10.3. The minimum atomic E-state index is -3.75. The summed E-state index contributed by atoms with van der Waals surface area (Å²) in [5.41, 5.74) is 2.74. The fraction of sp³-hybridized carbons (Fsp3) is 0.208. The van der Waals surface area contributed by atoms with Crippen LogP contribution >= 0.6 is 0 Å². The molecule has 0 saturated carbocycles. The Balaban J connectivity index is 1.79. The lowest BCUT2D eigenvalue weighted by atomic mass is 10.1. The van der Waals surface area contributed by atoms with Crippen LogP contribution < -0.4 is 14.9 Å². The summed E-state index contributed by atoms with van der Waals surface area (Å²) >= 11 is 0. The van der Waals surface area contributed by atoms with Crippen molar-refractivity contribution >= 4 is 33.2 Å². The van der Waals surface area contributed by atoms with E-state index in [1.807, 2.05) is 13.0 Å². The van der Waals surface area contributed by atoms with Gasteiger partial charge in [-0.1, -0.05) is 35.9 Å². The predicted octanol–water partition coefficient (Wildman–Crippen LogP) is 3.11. The van der Waals surface area contributed by atoms with Gasteiger partial charge >= 0.3 is 0 Å². The third kappa shape index (κ3) is 6.17. The molecule has 1 atom stereocenters. The van der Waals surface area contributed by atoms with Gasteiger partial charge in [-0.3, -0.25) is 18.9 Å². The lowest BCUT2D eigenvalue weighted by molar-refractivity contribution is -0.116. The van der Waals surface area contributed by atoms with Gasteiger partial charge in [-0.2, -0.15) is 0 Å². The van der Waals surface area contributed by atoms with Gasteiger partial charge in [0.05, 0.1) is 23.2 Å². The average molecular weight is 467 g/mol. The molecular weight excluding hydrogens is 440 g/mol. The molecule has 2 aromatic carbocycles. The molecule has 0 bridgehead atoms. The van der Waals surface area contributed by atoms with Crippen LogP contribution in [0.15, 0.2) is 73.1 Å². The van der Waals surface area contributed by atoms with Gasteiger partial charge in [-0.15, -0.1) is 0 Å². The molecule has 0 aliphatic rings. The van der Waals surface area contributed by atoms with Crippen LogP contribution in [-0.2, 0) is 21.4 Å². The van der Waals surface area contributed by atoms with Crippen molar-refractivity contribution in [3.05, 3.63) is 89.7 Å². The zero-order chi connectivity index (χ0) is 24.0. The Labute approximate surface area is 193 Å². The number of hydrogen-bond acceptors (Lipinski definition) is 5. The van der Waals surface area contributed by atoms with Gasteiger partial charge < -0.3 is 10.6 Å². The normalized spacial score (nSPS) is 12.0. The summed E-state index contributed by atoms with van der Waals surface area (Å²) in [7, 11) is -3.75. The molecule has 3 rings (SSSR count). The molecule has 0 saturated heterocycles. The first-order chi connectivity index (χ1) is 15.7. The molecule has 8 nitrogen and oxygen atoms in total. The van der Waals surface area contributed by atoms with Gasteiger partial charge in [0.25, 0.3) is 5.91 Å². The molecular formula is C24H26N4O4S. The SMILES string of the molecule is Cc1ccc(N([C@@H](C)C(=O)Nc2ccccc2C(=O)NCc2cccnc2)S(C)(=O)=O)cc1. The molecule has 0 spiro atoms. The molecule has 0 radical (unpaired) electrons. The van der Waals surface area contributed by atoms with E-state index in [4.69, 9.17) is 0 Å². The molecule has 172 valence electrons. The highest BCUT2D eigenvalue weighted by molar-refractivity contribution is 7.92. The fourth-order valence-corrected chi connectivity index (χ4v) is 4.48. The number of aryl methyl sites for hydroxylation is 1. The third-order valence-electron chi connectivity index (χ3n) is 4.98. The molecule has 0 fully saturated rings. The van der Waals surface area contributed by atoms with Gasteiger partial charge in [-0.05, 0) is 49.7 Å². The Morgan fingerprint density at radius 3 is 2.36 bits per heavy atom. The van der Waals surface area contributed by atoms with Crippen molar-refractivity contribution in [2.24, 2.45) is 0 Å². The van der Waals surface area contributed by atoms with E-state index in [-0.39, 0.29) is 23.7 Å². The summed E-state index contributed by atoms with van der Waals surface area (Å²) in [5, 5.41) is 5.50. The highest BCUT2D eigenvalue weighted by Crippen LogP contribution is 2.23. The quantitative estimate of drug-likeness (QED) is 0.530. The van der Waals surface area contributed by atoms with Crippen molar-refractivity contribution in [2.75, 3.05) is 15.9 Å². The van der Waals surface area contributed by atoms with Gasteiger partial charge in [0.15, 0.2) is 0 Å². The molecule has 2 amide bonds. The Hall–Kier alpha value is -3.72. The van der Waals surface area contributed by atoms with E-state index in [1.54, 1.807) is 67.0 Å². The maximum Gasteiger partial charge on any atom is 0.253 e. The topological polar surface area (TPSA) is 108 Å². The summed E-state index contributed by atoms with van der Waals surface area (Å²) in [6, 6.07) is 16.0. The Morgan fingerprint density at radius 2 is 1.73 bits per heavy atom. The smallest absolute Gasteiger partial charge is 0.253 e. The summed E-state index contributed by atoms with van der Waals surface area (Å²) in [6.07, 6.45) is 4.35. The number of pyridine rings is 1. The maximum atomic E-state index is 13.0. The minimum Gasteiger partial charge on any atom is -0.348 e. The second-order valence-electron chi connectivity index (χ2n) is 7.65. The number of amides is 2. The number of carbonyl (C=O) groups excluding carboxylic acids is 2. The molecule has 9 heteroatoms. The van der Waals surface area contributed by atoms with Crippen LogP contribution in [-0.4, -0.2) is 37.5 Å². The minimum absolute atomic E-state index is 0.267. The molecule has 0 unspecified atom stereocenters. The van der Waals surface area contributed by atoms with Gasteiger partial charge in [0.1, 0.15) is 6.04 Å². The summed E-state index contributed by atoms with van der Waals surface area (Å²) < 4.78 is 26.0. The zero-order valence-corrected chi connectivity index (χ0v) is 19.5. The molecule has 2 N–H and O–H groups in total. The van der Waals surface area contributed by atoms with E-state index < -0.39 is 22.0 Å². The standard InChI is InChI=1S/C24H26N4O4S/c1-17-10-12-20(13-11-17)28(33(3,31)32)18(2)23(29)27-22-9-5-4-8-21(22)24(30)26-16-19-7-6-14-25-15-19/h4-15,18H,16H2,1-3H3,(H,26,30)(H,27,29)/t18-/m0/s1. The number of para-hydroxylation sites is 1. The molecule has 3 aromatic rings. The first kappa shape index (κ1) is 23.9. The van der Waals surface area contributed by atoms with Gasteiger partial charge in [0, 0.05) is 18.9 Å². The van der Waals surface area contributed by atoms with Crippen LogP contribution in [0.4, 0.5) is 11.4 Å². The second kappa shape index (κ2) is 10.3. The second-order valence-corrected chi connectivity index (χ2v) is 9.51. The van der Waals surface area contributed by atoms with E-state index >= 15 is 0 Å². The van der Waals surface area contributed by atoms with Crippen molar-refractivity contribution in [1.82, 2.24) is 10.3 Å². The largest absolute Gasteiger partial charge is 0.348 e. The molecule has 0 aliphatic heterocycles. The van der Waals surface area contributed by atoms with Crippen LogP contribution in [0.2, 0.25) is 0 Å². The summed E-state index contributed by atoms with van der Waals surface area (Å²) in [5.74, 6) is -0.936. The highest BCUT2D eigenvalue weighted by Gasteiger charge is 2.29. The fourth-order valence-electron chi connectivity index (χ4n) is 3.31. The van der Waals surface area contributed by atoms with E-state index in [1.165, 1.54) is 6.92 Å². The summed E-state index contributed by atoms with van der Waals surface area (Å²) in [4.78, 5) is 29.8. The number of nitrogens with one attached hydrogen (secondary N) is 2. The number of benzene rings is 2. The molecule has 0 aliphatic carbocycles. The average Bonchev–Trinajstić information content (AvgIpc) is 2.79. The van der Waals surface area contributed by atoms with Crippen LogP contribution in [0.3, 0.4) is 0 Å². The molecule has 1 heterocycles. The Morgan fingerprint density at radius 1 is 1.03 bits per heavy atom. The van der Waals surface area contributed by atoms with E-state index in [9.17, 15) is 18.0 Å². The first-order valence-corrected chi connectivity index (χ1v) is 12.1. The number of carbonyl (C=O) groups is 2. The van der Waals surface area contributed by atoms with E-state index in [2.05, 4.69) is 15.6 Å². The van der Waals surface area contributed by atoms with Crippen LogP contribution in [0.25, 0.3) is 0 Å². The highest BCUT2D eigenvalue weighted by atomic mass is 32.2. The van der Waals surface area contributed by atoms with E-state index in [0.717, 1.165) is 21.7 Å². The van der Waals surface area contributed by atoms with Gasteiger partial charge in [0.2, 0.25) is 15.9 Å². The number of sulfonamides is 1. The van der Waals surface area contributed by atoms with Crippen molar-refractivity contribution in [3.8, 4) is 0 Å².